The summed E-state index contributed by atoms with van der Waals surface area (Å²) in [5.41, 5.74) is 1.07. The van der Waals surface area contributed by atoms with E-state index in [4.69, 9.17) is 0 Å². The van der Waals surface area contributed by atoms with Crippen molar-refractivity contribution in [3.63, 3.8) is 0 Å². The van der Waals surface area contributed by atoms with Crippen LogP contribution in [0.5, 0.6) is 0 Å². The fourth-order valence-corrected chi connectivity index (χ4v) is 1.74. The monoisotopic (exact) mass is 222 g/mol. The Kier molecular flexibility index (Phi) is 11.6. The summed E-state index contributed by atoms with van der Waals surface area (Å²) in [7, 11) is 0. The lowest BCUT2D eigenvalue weighted by Crippen LogP contribution is -1.82. The van der Waals surface area contributed by atoms with E-state index in [1.54, 1.807) is 0 Å². The van der Waals surface area contributed by atoms with Crippen molar-refractivity contribution in [2.45, 2.75) is 64.7 Å². The maximum absolute atomic E-state index is 10.1. The van der Waals surface area contributed by atoms with Gasteiger partial charge in [-0.3, -0.25) is 4.79 Å². The Hall–Kier alpha value is -0.850. The SMILES string of the molecule is C=C(C=CC=O)CCCCCCCCCC. The molecule has 1 heteroatoms. The molecule has 1 nitrogen and oxygen atoms in total. The number of unbranched alkanes of at least 4 members (excludes halogenated alkanes) is 7. The van der Waals surface area contributed by atoms with Gasteiger partial charge in [0.05, 0.1) is 0 Å². The highest BCUT2D eigenvalue weighted by Crippen LogP contribution is 2.12. The molecule has 0 heterocycles. The molecule has 0 aromatic carbocycles. The van der Waals surface area contributed by atoms with Crippen molar-refractivity contribution in [1.29, 1.82) is 0 Å². The second kappa shape index (κ2) is 12.2. The maximum atomic E-state index is 10.1. The van der Waals surface area contributed by atoms with Crippen molar-refractivity contribution >= 4 is 6.29 Å². The van der Waals surface area contributed by atoms with E-state index in [2.05, 4.69) is 13.5 Å². The standard InChI is InChI=1S/C15H26O/c1-3-4-5-6-7-8-9-10-12-15(2)13-11-14-16/h11,13-14H,2-10,12H2,1H3. The molecule has 0 unspecified atom stereocenters. The minimum atomic E-state index is 0.804. The highest BCUT2D eigenvalue weighted by atomic mass is 16.1. The number of aldehydes is 1. The van der Waals surface area contributed by atoms with E-state index in [1.807, 2.05) is 6.08 Å². The number of rotatable bonds is 11. The van der Waals surface area contributed by atoms with Gasteiger partial charge in [0.15, 0.2) is 0 Å². The third kappa shape index (κ3) is 11.2. The first-order valence-corrected chi connectivity index (χ1v) is 6.61. The first-order chi connectivity index (χ1) is 7.81. The lowest BCUT2D eigenvalue weighted by Gasteiger charge is -2.01. The minimum Gasteiger partial charge on any atom is -0.299 e. The summed E-state index contributed by atoms with van der Waals surface area (Å²) in [5, 5.41) is 0. The molecule has 0 spiro atoms. The van der Waals surface area contributed by atoms with Gasteiger partial charge < -0.3 is 0 Å². The first kappa shape index (κ1) is 15.2. The van der Waals surface area contributed by atoms with Crippen LogP contribution in [-0.4, -0.2) is 6.29 Å². The van der Waals surface area contributed by atoms with Crippen LogP contribution in [0.1, 0.15) is 64.7 Å². The Labute approximate surface area is 101 Å². The molecule has 92 valence electrons. The molecule has 0 rings (SSSR count). The number of carbonyl (C=O) groups excluding carboxylic acids is 1. The van der Waals surface area contributed by atoms with E-state index in [-0.39, 0.29) is 0 Å². The van der Waals surface area contributed by atoms with Crippen LogP contribution >= 0.6 is 0 Å². The Morgan fingerprint density at radius 3 is 2.12 bits per heavy atom. The van der Waals surface area contributed by atoms with Crippen LogP contribution in [0.3, 0.4) is 0 Å². The lowest BCUT2D eigenvalue weighted by atomic mass is 10.0. The van der Waals surface area contributed by atoms with Crippen LogP contribution in [0.25, 0.3) is 0 Å². The van der Waals surface area contributed by atoms with E-state index < -0.39 is 0 Å². The Balaban J connectivity index is 3.17. The average Bonchev–Trinajstić information content (AvgIpc) is 2.30. The summed E-state index contributed by atoms with van der Waals surface area (Å²) in [6.07, 6.45) is 15.9. The Morgan fingerprint density at radius 1 is 1.00 bits per heavy atom. The van der Waals surface area contributed by atoms with E-state index in [9.17, 15) is 4.79 Å². The molecule has 16 heavy (non-hydrogen) atoms. The van der Waals surface area contributed by atoms with Gasteiger partial charge in [-0.15, -0.1) is 0 Å². The van der Waals surface area contributed by atoms with Crippen LogP contribution in [-0.2, 0) is 4.79 Å². The molecule has 0 aliphatic rings. The predicted molar refractivity (Wildman–Crippen MR) is 71.6 cm³/mol. The minimum absolute atomic E-state index is 0.804. The lowest BCUT2D eigenvalue weighted by molar-refractivity contribution is -0.104. The predicted octanol–water partition coefficient (Wildman–Crippen LogP) is 4.83. The second-order valence-corrected chi connectivity index (χ2v) is 4.38. The summed E-state index contributed by atoms with van der Waals surface area (Å²) >= 11 is 0. The van der Waals surface area contributed by atoms with E-state index >= 15 is 0 Å². The van der Waals surface area contributed by atoms with Gasteiger partial charge in [0.2, 0.25) is 0 Å². The van der Waals surface area contributed by atoms with Crippen molar-refractivity contribution in [1.82, 2.24) is 0 Å². The summed E-state index contributed by atoms with van der Waals surface area (Å²) in [4.78, 5) is 10.1. The van der Waals surface area contributed by atoms with Crippen LogP contribution in [0.4, 0.5) is 0 Å². The number of carbonyl (C=O) groups is 1. The number of hydrogen-bond acceptors (Lipinski definition) is 1. The Bertz CT molecular complexity index is 203. The molecule has 0 aromatic rings. The maximum Gasteiger partial charge on any atom is 0.142 e. The number of allylic oxidation sites excluding steroid dienone is 3. The normalized spacial score (nSPS) is 10.8. The third-order valence-electron chi connectivity index (χ3n) is 2.76. The fraction of sp³-hybridized carbons (Fsp3) is 0.667. The highest BCUT2D eigenvalue weighted by molar-refractivity contribution is 5.65. The van der Waals surface area contributed by atoms with Crippen molar-refractivity contribution < 1.29 is 4.79 Å². The van der Waals surface area contributed by atoms with Crippen LogP contribution in [0.15, 0.2) is 24.3 Å². The van der Waals surface area contributed by atoms with Crippen molar-refractivity contribution in [3.05, 3.63) is 24.3 Å². The van der Waals surface area contributed by atoms with E-state index in [1.165, 1.54) is 57.4 Å². The molecule has 0 aliphatic carbocycles. The van der Waals surface area contributed by atoms with Gasteiger partial charge in [-0.05, 0) is 18.9 Å². The van der Waals surface area contributed by atoms with Crippen molar-refractivity contribution in [3.8, 4) is 0 Å². The topological polar surface area (TPSA) is 17.1 Å². The Morgan fingerprint density at radius 2 is 1.56 bits per heavy atom. The zero-order chi connectivity index (χ0) is 12.1. The van der Waals surface area contributed by atoms with Crippen LogP contribution < -0.4 is 0 Å². The molecule has 0 fully saturated rings. The van der Waals surface area contributed by atoms with Gasteiger partial charge >= 0.3 is 0 Å². The second-order valence-electron chi connectivity index (χ2n) is 4.38. The molecule has 0 aliphatic heterocycles. The van der Waals surface area contributed by atoms with Crippen LogP contribution in [0, 0.1) is 0 Å². The molecule has 0 amide bonds. The fourth-order valence-electron chi connectivity index (χ4n) is 1.74. The van der Waals surface area contributed by atoms with Gasteiger partial charge in [0.1, 0.15) is 6.29 Å². The summed E-state index contributed by atoms with van der Waals surface area (Å²) < 4.78 is 0. The quantitative estimate of drug-likeness (QED) is 0.212. The third-order valence-corrected chi connectivity index (χ3v) is 2.76. The van der Waals surface area contributed by atoms with E-state index in [0.717, 1.165) is 18.3 Å². The molecular formula is C15H26O. The molecule has 0 aromatic heterocycles. The largest absolute Gasteiger partial charge is 0.299 e. The molecule has 0 bridgehead atoms. The van der Waals surface area contributed by atoms with Gasteiger partial charge in [0.25, 0.3) is 0 Å². The molecule has 0 saturated carbocycles. The molecule has 0 atom stereocenters. The summed E-state index contributed by atoms with van der Waals surface area (Å²) in [6, 6.07) is 0. The molecule has 0 radical (unpaired) electrons. The molecule has 0 saturated heterocycles. The summed E-state index contributed by atoms with van der Waals surface area (Å²) in [6.45, 7) is 6.15. The number of hydrogen-bond donors (Lipinski definition) is 0. The average molecular weight is 222 g/mol. The van der Waals surface area contributed by atoms with Gasteiger partial charge in [-0.2, -0.15) is 0 Å². The van der Waals surface area contributed by atoms with Gasteiger partial charge in [-0.1, -0.05) is 70.1 Å². The zero-order valence-corrected chi connectivity index (χ0v) is 10.7. The zero-order valence-electron chi connectivity index (χ0n) is 10.7. The van der Waals surface area contributed by atoms with Crippen molar-refractivity contribution in [2.75, 3.05) is 0 Å². The van der Waals surface area contributed by atoms with Gasteiger partial charge in [0, 0.05) is 0 Å². The molecular weight excluding hydrogens is 196 g/mol. The molecule has 0 N–H and O–H groups in total. The first-order valence-electron chi connectivity index (χ1n) is 6.61. The van der Waals surface area contributed by atoms with Crippen LogP contribution in [0.2, 0.25) is 0 Å². The van der Waals surface area contributed by atoms with Gasteiger partial charge in [-0.25, -0.2) is 0 Å². The highest BCUT2D eigenvalue weighted by Gasteiger charge is 1.92. The van der Waals surface area contributed by atoms with E-state index in [0.29, 0.717) is 0 Å². The smallest absolute Gasteiger partial charge is 0.142 e. The van der Waals surface area contributed by atoms with Crippen molar-refractivity contribution in [2.24, 2.45) is 0 Å². The summed E-state index contributed by atoms with van der Waals surface area (Å²) in [5.74, 6) is 0.